The van der Waals surface area contributed by atoms with Crippen LogP contribution in [0.4, 0.5) is 18.9 Å². The van der Waals surface area contributed by atoms with Crippen molar-refractivity contribution in [3.63, 3.8) is 0 Å². The standard InChI is InChI=1S/C19H20ClF3N2O5S/c1-29-14-4-3-5-15(11-14)30-9-8-24-18(26)12-25(31(2,27)28)13-6-7-17(20)16(10-13)19(21,22)23/h3-7,10-11H,8-9,12H2,1-2H3,(H,24,26). The Hall–Kier alpha value is -2.66. The van der Waals surface area contributed by atoms with Gasteiger partial charge in [-0.25, -0.2) is 8.42 Å². The highest BCUT2D eigenvalue weighted by molar-refractivity contribution is 7.92. The molecule has 0 unspecified atom stereocenters. The third kappa shape index (κ3) is 7.21. The van der Waals surface area contributed by atoms with Gasteiger partial charge in [0, 0.05) is 6.07 Å². The first-order chi connectivity index (χ1) is 14.4. The maximum atomic E-state index is 13.1. The number of ether oxygens (including phenoxy) is 2. The molecular formula is C19H20ClF3N2O5S. The number of rotatable bonds is 9. The second-order valence-corrected chi connectivity index (χ2v) is 8.62. The summed E-state index contributed by atoms with van der Waals surface area (Å²) in [7, 11) is -2.55. The predicted molar refractivity (Wildman–Crippen MR) is 110 cm³/mol. The normalized spacial score (nSPS) is 11.7. The number of nitrogens with zero attached hydrogens (tertiary/aromatic N) is 1. The largest absolute Gasteiger partial charge is 0.497 e. The molecule has 0 spiro atoms. The van der Waals surface area contributed by atoms with Gasteiger partial charge in [-0.15, -0.1) is 0 Å². The van der Waals surface area contributed by atoms with E-state index in [4.69, 9.17) is 21.1 Å². The number of carbonyl (C=O) groups is 1. The van der Waals surface area contributed by atoms with Crippen LogP contribution in [0.3, 0.4) is 0 Å². The van der Waals surface area contributed by atoms with Crippen molar-refractivity contribution in [3.8, 4) is 11.5 Å². The molecular weight excluding hydrogens is 461 g/mol. The van der Waals surface area contributed by atoms with Crippen LogP contribution in [0.2, 0.25) is 5.02 Å². The second-order valence-electron chi connectivity index (χ2n) is 6.31. The molecule has 0 bridgehead atoms. The van der Waals surface area contributed by atoms with Crippen molar-refractivity contribution in [2.45, 2.75) is 6.18 Å². The minimum absolute atomic E-state index is 0.0437. The number of halogens is 4. The molecule has 2 aromatic carbocycles. The molecule has 0 saturated carbocycles. The maximum absolute atomic E-state index is 13.1. The number of hydrogen-bond donors (Lipinski definition) is 1. The SMILES string of the molecule is COc1cccc(OCCNC(=O)CN(c2ccc(Cl)c(C(F)(F)F)c2)S(C)(=O)=O)c1. The number of carbonyl (C=O) groups excluding carboxylic acids is 1. The average molecular weight is 481 g/mol. The van der Waals surface area contributed by atoms with Crippen LogP contribution in [0.15, 0.2) is 42.5 Å². The summed E-state index contributed by atoms with van der Waals surface area (Å²) in [5.41, 5.74) is -1.53. The van der Waals surface area contributed by atoms with Gasteiger partial charge in [-0.1, -0.05) is 17.7 Å². The molecule has 1 amide bonds. The van der Waals surface area contributed by atoms with Gasteiger partial charge in [0.2, 0.25) is 15.9 Å². The van der Waals surface area contributed by atoms with Crippen LogP contribution in [-0.4, -0.2) is 47.4 Å². The lowest BCUT2D eigenvalue weighted by molar-refractivity contribution is -0.137. The van der Waals surface area contributed by atoms with Crippen molar-refractivity contribution in [2.24, 2.45) is 0 Å². The van der Waals surface area contributed by atoms with E-state index in [0.717, 1.165) is 18.4 Å². The number of nitrogens with one attached hydrogen (secondary N) is 1. The number of methoxy groups -OCH3 is 1. The van der Waals surface area contributed by atoms with Gasteiger partial charge in [0.25, 0.3) is 0 Å². The van der Waals surface area contributed by atoms with Crippen LogP contribution in [0.1, 0.15) is 5.56 Å². The van der Waals surface area contributed by atoms with E-state index in [1.54, 1.807) is 24.3 Å². The zero-order valence-corrected chi connectivity index (χ0v) is 18.1. The molecule has 0 heterocycles. The maximum Gasteiger partial charge on any atom is 0.417 e. The summed E-state index contributed by atoms with van der Waals surface area (Å²) < 4.78 is 74.5. The summed E-state index contributed by atoms with van der Waals surface area (Å²) in [6, 6.07) is 9.39. The molecule has 0 aromatic heterocycles. The summed E-state index contributed by atoms with van der Waals surface area (Å²) in [6.07, 6.45) is -4.00. The van der Waals surface area contributed by atoms with Gasteiger partial charge in [-0.05, 0) is 30.3 Å². The molecule has 7 nitrogen and oxygen atoms in total. The highest BCUT2D eigenvalue weighted by Gasteiger charge is 2.34. The van der Waals surface area contributed by atoms with Gasteiger partial charge >= 0.3 is 6.18 Å². The van der Waals surface area contributed by atoms with E-state index < -0.39 is 39.2 Å². The molecule has 0 saturated heterocycles. The third-order valence-electron chi connectivity index (χ3n) is 3.97. The number of amides is 1. The van der Waals surface area contributed by atoms with Crippen LogP contribution in [0, 0.1) is 0 Å². The Bertz CT molecular complexity index is 1030. The zero-order chi connectivity index (χ0) is 23.2. The van der Waals surface area contributed by atoms with E-state index in [1.807, 2.05) is 0 Å². The minimum Gasteiger partial charge on any atom is -0.497 e. The lowest BCUT2D eigenvalue weighted by atomic mass is 10.2. The Labute approximate surface area is 182 Å². The third-order valence-corrected chi connectivity index (χ3v) is 5.44. The Morgan fingerprint density at radius 1 is 1.16 bits per heavy atom. The summed E-state index contributed by atoms with van der Waals surface area (Å²) in [5, 5.41) is 1.88. The van der Waals surface area contributed by atoms with Gasteiger partial charge in [-0.2, -0.15) is 13.2 Å². The smallest absolute Gasteiger partial charge is 0.417 e. The highest BCUT2D eigenvalue weighted by Crippen LogP contribution is 2.37. The molecule has 0 aliphatic rings. The molecule has 0 aliphatic heterocycles. The summed E-state index contributed by atoms with van der Waals surface area (Å²) in [4.78, 5) is 12.2. The van der Waals surface area contributed by atoms with Crippen molar-refractivity contribution >= 4 is 33.2 Å². The number of alkyl halides is 3. The summed E-state index contributed by atoms with van der Waals surface area (Å²) >= 11 is 5.57. The van der Waals surface area contributed by atoms with E-state index in [-0.39, 0.29) is 18.8 Å². The van der Waals surface area contributed by atoms with Gasteiger partial charge in [0.15, 0.2) is 0 Å². The van der Waals surface area contributed by atoms with Crippen LogP contribution in [0.25, 0.3) is 0 Å². The van der Waals surface area contributed by atoms with Crippen LogP contribution in [-0.2, 0) is 21.0 Å². The molecule has 1 N–H and O–H groups in total. The van der Waals surface area contributed by atoms with Crippen molar-refractivity contribution in [1.82, 2.24) is 5.32 Å². The Kier molecular flexibility index (Phi) is 8.02. The van der Waals surface area contributed by atoms with Crippen molar-refractivity contribution in [3.05, 3.63) is 53.1 Å². The molecule has 31 heavy (non-hydrogen) atoms. The highest BCUT2D eigenvalue weighted by atomic mass is 35.5. The van der Waals surface area contributed by atoms with Crippen molar-refractivity contribution in [2.75, 3.05) is 37.4 Å². The molecule has 0 aliphatic carbocycles. The Morgan fingerprint density at radius 2 is 1.84 bits per heavy atom. The number of hydrogen-bond acceptors (Lipinski definition) is 5. The topological polar surface area (TPSA) is 84.9 Å². The van der Waals surface area contributed by atoms with E-state index in [1.165, 1.54) is 7.11 Å². The summed E-state index contributed by atoms with van der Waals surface area (Å²) in [5.74, 6) is 0.377. The summed E-state index contributed by atoms with van der Waals surface area (Å²) in [6.45, 7) is -0.587. The molecule has 0 fully saturated rings. The molecule has 2 aromatic rings. The molecule has 12 heteroatoms. The molecule has 2 rings (SSSR count). The number of anilines is 1. The molecule has 0 atom stereocenters. The Morgan fingerprint density at radius 3 is 2.45 bits per heavy atom. The fourth-order valence-corrected chi connectivity index (χ4v) is 3.60. The lowest BCUT2D eigenvalue weighted by Gasteiger charge is -2.23. The predicted octanol–water partition coefficient (Wildman–Crippen LogP) is 3.33. The quantitative estimate of drug-likeness (QED) is 0.556. The number of benzene rings is 2. The van der Waals surface area contributed by atoms with E-state index in [9.17, 15) is 26.4 Å². The zero-order valence-electron chi connectivity index (χ0n) is 16.6. The van der Waals surface area contributed by atoms with Crippen molar-refractivity contribution < 1.29 is 35.9 Å². The van der Waals surface area contributed by atoms with E-state index >= 15 is 0 Å². The molecule has 0 radical (unpaired) electrons. The van der Waals surface area contributed by atoms with Gasteiger partial charge in [0.05, 0.1) is 36.2 Å². The van der Waals surface area contributed by atoms with Crippen LogP contribution >= 0.6 is 11.6 Å². The van der Waals surface area contributed by atoms with E-state index in [0.29, 0.717) is 21.9 Å². The average Bonchev–Trinajstić information content (AvgIpc) is 2.68. The van der Waals surface area contributed by atoms with Crippen LogP contribution < -0.4 is 19.1 Å². The van der Waals surface area contributed by atoms with Gasteiger partial charge < -0.3 is 14.8 Å². The lowest BCUT2D eigenvalue weighted by Crippen LogP contribution is -2.41. The molecule has 170 valence electrons. The van der Waals surface area contributed by atoms with E-state index in [2.05, 4.69) is 5.32 Å². The second kappa shape index (κ2) is 10.1. The van der Waals surface area contributed by atoms with Crippen molar-refractivity contribution in [1.29, 1.82) is 0 Å². The minimum atomic E-state index is -4.78. The first kappa shape index (κ1) is 24.6. The van der Waals surface area contributed by atoms with Gasteiger partial charge in [0.1, 0.15) is 24.7 Å². The first-order valence-corrected chi connectivity index (χ1v) is 11.0. The van der Waals surface area contributed by atoms with Gasteiger partial charge in [-0.3, -0.25) is 9.10 Å². The fourth-order valence-electron chi connectivity index (χ4n) is 2.52. The Balaban J connectivity index is 2.02. The fraction of sp³-hybridized carbons (Fsp3) is 0.316. The first-order valence-electron chi connectivity index (χ1n) is 8.80. The van der Waals surface area contributed by atoms with Crippen LogP contribution in [0.5, 0.6) is 11.5 Å². The monoisotopic (exact) mass is 480 g/mol. The number of sulfonamides is 1.